The molecule has 0 fully saturated rings. The zero-order valence-electron chi connectivity index (χ0n) is 13.7. The van der Waals surface area contributed by atoms with Crippen LogP contribution in [0.2, 0.25) is 0 Å². The Morgan fingerprint density at radius 2 is 2.00 bits per heavy atom. The molecular weight excluding hydrogens is 323 g/mol. The molecule has 1 N–H and O–H groups in total. The molecule has 0 radical (unpaired) electrons. The summed E-state index contributed by atoms with van der Waals surface area (Å²) in [4.78, 5) is 25.8. The number of nitrogens with one attached hydrogen (secondary N) is 1. The highest BCUT2D eigenvalue weighted by atomic mass is 19.1. The number of carbonyl (C=O) groups excluding carboxylic acids is 2. The molecule has 0 unspecified atom stereocenters. The second kappa shape index (κ2) is 7.17. The average molecular weight is 340 g/mol. The molecule has 0 spiro atoms. The lowest BCUT2D eigenvalue weighted by molar-refractivity contribution is -0.130. The largest absolute Gasteiger partial charge is 0.488 e. The number of fused-ring (bicyclic) bond motifs is 1. The molecule has 3 rings (SSSR count). The predicted octanol–water partition coefficient (Wildman–Crippen LogP) is 2.70. The summed E-state index contributed by atoms with van der Waals surface area (Å²) in [7, 11) is 1.54. The summed E-state index contributed by atoms with van der Waals surface area (Å²) >= 11 is 0. The minimum absolute atomic E-state index is 0.145. The van der Waals surface area contributed by atoms with Crippen molar-refractivity contribution in [2.24, 2.45) is 0 Å². The molecule has 0 bridgehead atoms. The molecule has 1 aliphatic heterocycles. The Balaban J connectivity index is 1.63. The van der Waals surface area contributed by atoms with Gasteiger partial charge in [-0.05, 0) is 30.3 Å². The summed E-state index contributed by atoms with van der Waals surface area (Å²) in [6.45, 7) is 0.0139. The third kappa shape index (κ3) is 4.03. The van der Waals surface area contributed by atoms with E-state index in [4.69, 9.17) is 4.74 Å². The van der Waals surface area contributed by atoms with Crippen LogP contribution in [0.3, 0.4) is 0 Å². The van der Waals surface area contributed by atoms with Gasteiger partial charge < -0.3 is 15.0 Å². The van der Waals surface area contributed by atoms with Crippen LogP contribution < -0.4 is 10.1 Å². The van der Waals surface area contributed by atoms with Crippen molar-refractivity contribution < 1.29 is 18.7 Å². The highest BCUT2D eigenvalue weighted by Crippen LogP contribution is 2.26. The number of anilines is 1. The van der Waals surface area contributed by atoms with Gasteiger partial charge in [-0.25, -0.2) is 4.39 Å². The van der Waals surface area contributed by atoms with Crippen LogP contribution in [0.15, 0.2) is 54.1 Å². The van der Waals surface area contributed by atoms with E-state index in [-0.39, 0.29) is 19.1 Å². The van der Waals surface area contributed by atoms with Crippen LogP contribution in [0.1, 0.15) is 5.56 Å². The normalized spacial score (nSPS) is 12.5. The molecule has 0 saturated carbocycles. The van der Waals surface area contributed by atoms with Crippen LogP contribution in [0.4, 0.5) is 10.1 Å². The van der Waals surface area contributed by atoms with Crippen LogP contribution in [-0.4, -0.2) is 36.9 Å². The maximum absolute atomic E-state index is 13.1. The van der Waals surface area contributed by atoms with E-state index in [0.29, 0.717) is 11.3 Å². The Labute approximate surface area is 144 Å². The molecule has 0 saturated heterocycles. The molecule has 2 aromatic carbocycles. The number of halogens is 1. The third-order valence-corrected chi connectivity index (χ3v) is 3.74. The van der Waals surface area contributed by atoms with Crippen molar-refractivity contribution in [2.45, 2.75) is 0 Å². The van der Waals surface area contributed by atoms with Gasteiger partial charge in [0.05, 0.1) is 12.1 Å². The summed E-state index contributed by atoms with van der Waals surface area (Å²) in [5.41, 5.74) is 1.65. The fraction of sp³-hybridized carbons (Fsp3) is 0.158. The fourth-order valence-corrected chi connectivity index (χ4v) is 2.54. The Hall–Kier alpha value is -3.15. The first kappa shape index (κ1) is 16.7. The maximum atomic E-state index is 13.1. The first-order valence-electron chi connectivity index (χ1n) is 7.76. The second-order valence-corrected chi connectivity index (χ2v) is 5.72. The number of rotatable bonds is 4. The van der Waals surface area contributed by atoms with Crippen molar-refractivity contribution in [3.05, 3.63) is 65.5 Å². The van der Waals surface area contributed by atoms with E-state index < -0.39 is 11.7 Å². The molecule has 1 aliphatic rings. The van der Waals surface area contributed by atoms with E-state index >= 15 is 0 Å². The summed E-state index contributed by atoms with van der Waals surface area (Å²) in [5, 5.41) is 2.56. The molecular formula is C19H17FN2O3. The van der Waals surface area contributed by atoms with Crippen molar-refractivity contribution >= 4 is 23.6 Å². The fourth-order valence-electron chi connectivity index (χ4n) is 2.54. The van der Waals surface area contributed by atoms with Crippen molar-refractivity contribution in [2.75, 3.05) is 25.5 Å². The van der Waals surface area contributed by atoms with Crippen LogP contribution in [0.5, 0.6) is 5.75 Å². The number of hydrogen-bond donors (Lipinski definition) is 1. The number of amides is 2. The van der Waals surface area contributed by atoms with Gasteiger partial charge in [-0.15, -0.1) is 0 Å². The molecule has 0 aromatic heterocycles. The highest BCUT2D eigenvalue weighted by molar-refractivity contribution is 6.02. The summed E-state index contributed by atoms with van der Waals surface area (Å²) in [6, 6.07) is 13.0. The molecule has 5 nitrogen and oxygen atoms in total. The SMILES string of the molecule is CN(CC(=O)Nc1cccc(F)c1)C(=O)C1=Cc2ccccc2OC1. The van der Waals surface area contributed by atoms with E-state index in [9.17, 15) is 14.0 Å². The van der Waals surface area contributed by atoms with Gasteiger partial charge >= 0.3 is 0 Å². The van der Waals surface area contributed by atoms with Crippen LogP contribution in [0.25, 0.3) is 6.08 Å². The minimum atomic E-state index is -0.439. The van der Waals surface area contributed by atoms with Gasteiger partial charge in [0, 0.05) is 18.3 Å². The quantitative estimate of drug-likeness (QED) is 0.931. The van der Waals surface area contributed by atoms with E-state index in [1.807, 2.05) is 24.3 Å². The predicted molar refractivity (Wildman–Crippen MR) is 92.6 cm³/mol. The Morgan fingerprint density at radius 3 is 2.80 bits per heavy atom. The van der Waals surface area contributed by atoms with Gasteiger partial charge in [0.15, 0.2) is 0 Å². The zero-order valence-corrected chi connectivity index (χ0v) is 13.7. The Kier molecular flexibility index (Phi) is 4.79. The molecule has 128 valence electrons. The standard InChI is InChI=1S/C19H17FN2O3/c1-22(11-18(23)21-16-7-4-6-15(20)10-16)19(24)14-9-13-5-2-3-8-17(13)25-12-14/h2-10H,11-12H2,1H3,(H,21,23). The van der Waals surface area contributed by atoms with Crippen molar-refractivity contribution in [3.8, 4) is 5.75 Å². The van der Waals surface area contributed by atoms with Crippen molar-refractivity contribution in [1.29, 1.82) is 0 Å². The molecule has 25 heavy (non-hydrogen) atoms. The number of para-hydroxylation sites is 1. The summed E-state index contributed by atoms with van der Waals surface area (Å²) in [5.74, 6) is -0.404. The maximum Gasteiger partial charge on any atom is 0.253 e. The third-order valence-electron chi connectivity index (χ3n) is 3.74. The smallest absolute Gasteiger partial charge is 0.253 e. The number of hydrogen-bond acceptors (Lipinski definition) is 3. The monoisotopic (exact) mass is 340 g/mol. The molecule has 2 aromatic rings. The molecule has 6 heteroatoms. The van der Waals surface area contributed by atoms with Crippen molar-refractivity contribution in [3.63, 3.8) is 0 Å². The lowest BCUT2D eigenvalue weighted by Crippen LogP contribution is -2.37. The van der Waals surface area contributed by atoms with Gasteiger partial charge in [0.1, 0.15) is 18.2 Å². The van der Waals surface area contributed by atoms with Gasteiger partial charge in [-0.2, -0.15) is 0 Å². The summed E-state index contributed by atoms with van der Waals surface area (Å²) < 4.78 is 18.7. The first-order valence-corrected chi connectivity index (χ1v) is 7.76. The number of carbonyl (C=O) groups is 2. The van der Waals surface area contributed by atoms with Gasteiger partial charge in [-0.1, -0.05) is 24.3 Å². The molecule has 0 aliphatic carbocycles. The number of nitrogens with zero attached hydrogens (tertiary/aromatic N) is 1. The van der Waals surface area contributed by atoms with E-state index in [1.165, 1.54) is 30.1 Å². The van der Waals surface area contributed by atoms with E-state index in [0.717, 1.165) is 11.3 Å². The first-order chi connectivity index (χ1) is 12.0. The lowest BCUT2D eigenvalue weighted by Gasteiger charge is -2.22. The Bertz CT molecular complexity index is 848. The molecule has 2 amide bonds. The van der Waals surface area contributed by atoms with E-state index in [2.05, 4.69) is 5.32 Å². The molecule has 1 heterocycles. The molecule has 0 atom stereocenters. The second-order valence-electron chi connectivity index (χ2n) is 5.72. The van der Waals surface area contributed by atoms with Crippen LogP contribution in [-0.2, 0) is 9.59 Å². The lowest BCUT2D eigenvalue weighted by atomic mass is 10.1. The van der Waals surface area contributed by atoms with Crippen molar-refractivity contribution in [1.82, 2.24) is 4.90 Å². The summed E-state index contributed by atoms with van der Waals surface area (Å²) in [6.07, 6.45) is 1.77. The van der Waals surface area contributed by atoms with E-state index in [1.54, 1.807) is 12.1 Å². The highest BCUT2D eigenvalue weighted by Gasteiger charge is 2.21. The van der Waals surface area contributed by atoms with Crippen LogP contribution in [0, 0.1) is 5.82 Å². The Morgan fingerprint density at radius 1 is 1.20 bits per heavy atom. The zero-order chi connectivity index (χ0) is 17.8. The number of benzene rings is 2. The van der Waals surface area contributed by atoms with Gasteiger partial charge in [0.25, 0.3) is 5.91 Å². The van der Waals surface area contributed by atoms with Gasteiger partial charge in [-0.3, -0.25) is 9.59 Å². The number of likely N-dealkylation sites (N-methyl/N-ethyl adjacent to an activating group) is 1. The van der Waals surface area contributed by atoms with Crippen LogP contribution >= 0.6 is 0 Å². The average Bonchev–Trinajstić information content (AvgIpc) is 2.60. The number of ether oxygens (including phenoxy) is 1. The minimum Gasteiger partial charge on any atom is -0.488 e. The topological polar surface area (TPSA) is 58.6 Å². The van der Waals surface area contributed by atoms with Gasteiger partial charge in [0.2, 0.25) is 5.91 Å².